The zero-order chi connectivity index (χ0) is 15.6. The molecule has 1 aromatic rings. The van der Waals surface area contributed by atoms with Crippen molar-refractivity contribution in [1.82, 2.24) is 0 Å². The average molecular weight is 334 g/mol. The molecule has 2 nitrogen and oxygen atoms in total. The van der Waals surface area contributed by atoms with Gasteiger partial charge in [0.2, 0.25) is 0 Å². The highest BCUT2D eigenvalue weighted by Crippen LogP contribution is 2.35. The zero-order valence-electron chi connectivity index (χ0n) is 11.6. The fourth-order valence-electron chi connectivity index (χ4n) is 2.38. The maximum Gasteiger partial charge on any atom is 0.417 e. The Morgan fingerprint density at radius 2 is 2.19 bits per heavy atom. The number of hydrogen-bond acceptors (Lipinski definition) is 3. The highest BCUT2D eigenvalue weighted by molar-refractivity contribution is 8.00. The zero-order valence-corrected chi connectivity index (χ0v) is 13.2. The Kier molecular flexibility index (Phi) is 5.03. The maximum absolute atomic E-state index is 13.2. The van der Waals surface area contributed by atoms with E-state index in [0.717, 1.165) is 31.3 Å². The van der Waals surface area contributed by atoms with E-state index in [0.29, 0.717) is 10.9 Å². The normalized spacial score (nSPS) is 19.6. The van der Waals surface area contributed by atoms with Crippen molar-refractivity contribution in [2.24, 2.45) is 5.73 Å². The van der Waals surface area contributed by atoms with Crippen LogP contribution in [0, 0.1) is 0 Å². The Balaban J connectivity index is 2.35. The van der Waals surface area contributed by atoms with Gasteiger partial charge in [0.1, 0.15) is 4.99 Å². The predicted molar refractivity (Wildman–Crippen MR) is 86.1 cm³/mol. The van der Waals surface area contributed by atoms with E-state index >= 15 is 0 Å². The van der Waals surface area contributed by atoms with Crippen molar-refractivity contribution in [3.05, 3.63) is 29.3 Å². The quantitative estimate of drug-likeness (QED) is 0.854. The molecule has 1 aliphatic heterocycles. The number of nitrogens with two attached hydrogens (primary N) is 1. The van der Waals surface area contributed by atoms with Crippen LogP contribution in [0.3, 0.4) is 0 Å². The lowest BCUT2D eigenvalue weighted by molar-refractivity contribution is -0.137. The molecule has 1 unspecified atom stereocenters. The molecule has 1 saturated heterocycles. The Bertz CT molecular complexity index is 531. The molecule has 0 spiro atoms. The number of anilines is 1. The summed E-state index contributed by atoms with van der Waals surface area (Å²) in [6.45, 7) is 3.62. The lowest BCUT2D eigenvalue weighted by Crippen LogP contribution is -2.37. The van der Waals surface area contributed by atoms with E-state index in [1.54, 1.807) is 6.07 Å². The van der Waals surface area contributed by atoms with Crippen LogP contribution in [-0.4, -0.2) is 29.1 Å². The predicted octanol–water partition coefficient (Wildman–Crippen LogP) is 3.67. The third-order valence-corrected chi connectivity index (χ3v) is 5.13. The molecule has 2 N–H and O–H groups in total. The number of halogens is 3. The van der Waals surface area contributed by atoms with Gasteiger partial charge >= 0.3 is 6.18 Å². The van der Waals surface area contributed by atoms with Gasteiger partial charge in [-0.25, -0.2) is 0 Å². The van der Waals surface area contributed by atoms with E-state index in [9.17, 15) is 13.2 Å². The summed E-state index contributed by atoms with van der Waals surface area (Å²) in [5.74, 6) is 0.927. The van der Waals surface area contributed by atoms with E-state index in [2.05, 4.69) is 6.92 Å². The van der Waals surface area contributed by atoms with Crippen LogP contribution in [0.4, 0.5) is 18.9 Å². The van der Waals surface area contributed by atoms with Gasteiger partial charge in [0.15, 0.2) is 0 Å². The molecule has 2 rings (SSSR count). The summed E-state index contributed by atoms with van der Waals surface area (Å²) in [6, 6.07) is 4.22. The molecule has 1 aromatic carbocycles. The van der Waals surface area contributed by atoms with Crippen molar-refractivity contribution in [1.29, 1.82) is 0 Å². The minimum atomic E-state index is -4.45. The maximum atomic E-state index is 13.2. The van der Waals surface area contributed by atoms with Crippen molar-refractivity contribution in [2.75, 3.05) is 23.7 Å². The lowest BCUT2D eigenvalue weighted by atomic mass is 10.1. The first-order valence-electron chi connectivity index (χ1n) is 6.70. The number of rotatable bonds is 3. The topological polar surface area (TPSA) is 29.3 Å². The molecule has 7 heteroatoms. The molecule has 1 heterocycles. The van der Waals surface area contributed by atoms with Gasteiger partial charge in [0, 0.05) is 35.3 Å². The standard InChI is InChI=1S/C14H17F3N2S2/c1-2-10-8-19(5-6-21-10)9-3-4-11(13(18)20)12(7-9)14(15,16)17/h3-4,7,10H,2,5-6,8H2,1H3,(H2,18,20). The van der Waals surface area contributed by atoms with E-state index in [4.69, 9.17) is 18.0 Å². The first-order chi connectivity index (χ1) is 9.82. The third kappa shape index (κ3) is 3.83. The first-order valence-corrected chi connectivity index (χ1v) is 8.16. The Labute approximate surface area is 131 Å². The third-order valence-electron chi connectivity index (χ3n) is 3.53. The minimum absolute atomic E-state index is 0.111. The first kappa shape index (κ1) is 16.4. The number of benzene rings is 1. The van der Waals surface area contributed by atoms with E-state index in [1.807, 2.05) is 16.7 Å². The van der Waals surface area contributed by atoms with Crippen molar-refractivity contribution < 1.29 is 13.2 Å². The average Bonchev–Trinajstić information content (AvgIpc) is 2.45. The van der Waals surface area contributed by atoms with Gasteiger partial charge in [-0.2, -0.15) is 24.9 Å². The highest BCUT2D eigenvalue weighted by atomic mass is 32.2. The van der Waals surface area contributed by atoms with Crippen LogP contribution < -0.4 is 10.6 Å². The summed E-state index contributed by atoms with van der Waals surface area (Å²) < 4.78 is 39.5. The second kappa shape index (κ2) is 6.44. The summed E-state index contributed by atoms with van der Waals surface area (Å²) in [5.41, 5.74) is 5.12. The molecule has 1 atom stereocenters. The van der Waals surface area contributed by atoms with Crippen molar-refractivity contribution >= 4 is 34.7 Å². The van der Waals surface area contributed by atoms with Gasteiger partial charge in [0.05, 0.1) is 5.56 Å². The molecular weight excluding hydrogens is 317 g/mol. The molecule has 21 heavy (non-hydrogen) atoms. The van der Waals surface area contributed by atoms with E-state index in [-0.39, 0.29) is 10.6 Å². The van der Waals surface area contributed by atoms with E-state index < -0.39 is 11.7 Å². The fraction of sp³-hybridized carbons (Fsp3) is 0.500. The summed E-state index contributed by atoms with van der Waals surface area (Å²) in [7, 11) is 0. The lowest BCUT2D eigenvalue weighted by Gasteiger charge is -2.34. The van der Waals surface area contributed by atoms with Crippen LogP contribution in [0.5, 0.6) is 0 Å². The Morgan fingerprint density at radius 1 is 1.48 bits per heavy atom. The van der Waals surface area contributed by atoms with Crippen molar-refractivity contribution in [3.8, 4) is 0 Å². The number of nitrogens with zero attached hydrogens (tertiary/aromatic N) is 1. The molecular formula is C14H17F3N2S2. The molecule has 0 radical (unpaired) electrons. The molecule has 0 aromatic heterocycles. The number of alkyl halides is 3. The molecule has 0 aliphatic carbocycles. The summed E-state index contributed by atoms with van der Waals surface area (Å²) in [6.07, 6.45) is -3.44. The second-order valence-electron chi connectivity index (χ2n) is 4.94. The molecule has 1 fully saturated rings. The van der Waals surface area contributed by atoms with Gasteiger partial charge in [0.25, 0.3) is 0 Å². The van der Waals surface area contributed by atoms with Crippen LogP contribution in [0.25, 0.3) is 0 Å². The fourth-order valence-corrected chi connectivity index (χ4v) is 3.74. The van der Waals surface area contributed by atoms with Crippen LogP contribution >= 0.6 is 24.0 Å². The molecule has 0 bridgehead atoms. The van der Waals surface area contributed by atoms with Crippen LogP contribution in [0.1, 0.15) is 24.5 Å². The summed E-state index contributed by atoms with van der Waals surface area (Å²) in [5, 5.41) is 0.461. The minimum Gasteiger partial charge on any atom is -0.389 e. The largest absolute Gasteiger partial charge is 0.417 e. The number of thioether (sulfide) groups is 1. The second-order valence-corrected chi connectivity index (χ2v) is 6.79. The number of hydrogen-bond donors (Lipinski definition) is 1. The molecule has 1 aliphatic rings. The number of thiocarbonyl (C=S) groups is 1. The van der Waals surface area contributed by atoms with Crippen molar-refractivity contribution in [3.63, 3.8) is 0 Å². The van der Waals surface area contributed by atoms with Gasteiger partial charge in [-0.3, -0.25) is 0 Å². The molecule has 0 amide bonds. The SMILES string of the molecule is CCC1CN(c2ccc(C(N)=S)c(C(F)(F)F)c2)CCS1. The van der Waals surface area contributed by atoms with E-state index in [1.165, 1.54) is 6.07 Å². The van der Waals surface area contributed by atoms with Crippen LogP contribution in [0.2, 0.25) is 0 Å². The summed E-state index contributed by atoms with van der Waals surface area (Å²) in [4.78, 5) is 1.78. The monoisotopic (exact) mass is 334 g/mol. The van der Waals surface area contributed by atoms with Gasteiger partial charge in [-0.05, 0) is 24.6 Å². The molecule has 116 valence electrons. The smallest absolute Gasteiger partial charge is 0.389 e. The summed E-state index contributed by atoms with van der Waals surface area (Å²) >= 11 is 6.59. The van der Waals surface area contributed by atoms with Crippen LogP contribution in [-0.2, 0) is 6.18 Å². The highest BCUT2D eigenvalue weighted by Gasteiger charge is 2.35. The Morgan fingerprint density at radius 3 is 2.76 bits per heavy atom. The Hall–Kier alpha value is -0.950. The molecule has 0 saturated carbocycles. The van der Waals surface area contributed by atoms with Gasteiger partial charge < -0.3 is 10.6 Å². The van der Waals surface area contributed by atoms with Gasteiger partial charge in [-0.15, -0.1) is 0 Å². The van der Waals surface area contributed by atoms with Crippen molar-refractivity contribution in [2.45, 2.75) is 24.8 Å². The van der Waals surface area contributed by atoms with Crippen LogP contribution in [0.15, 0.2) is 18.2 Å². The van der Waals surface area contributed by atoms with Gasteiger partial charge in [-0.1, -0.05) is 19.1 Å².